The summed E-state index contributed by atoms with van der Waals surface area (Å²) in [6.45, 7) is 9.96. The molecule has 1 aliphatic heterocycles. The molecule has 0 saturated carbocycles. The quantitative estimate of drug-likeness (QED) is 0.901. The first-order valence-electron chi connectivity index (χ1n) is 6.86. The van der Waals surface area contributed by atoms with Crippen LogP contribution in [0.3, 0.4) is 0 Å². The molecule has 2 nitrogen and oxygen atoms in total. The molecule has 1 aromatic rings. The summed E-state index contributed by atoms with van der Waals surface area (Å²) in [5.74, 6) is 0.678. The number of hydrogen-bond acceptors (Lipinski definition) is 2. The highest BCUT2D eigenvalue weighted by atomic mass is 35.5. The molecule has 2 unspecified atom stereocenters. The number of nitrogens with one attached hydrogen (secondary N) is 1. The highest BCUT2D eigenvalue weighted by molar-refractivity contribution is 6.30. The molecule has 1 aromatic carbocycles. The molecule has 1 saturated heterocycles. The third-order valence-electron chi connectivity index (χ3n) is 3.88. The lowest BCUT2D eigenvalue weighted by Crippen LogP contribution is -2.48. The first-order chi connectivity index (χ1) is 8.61. The Morgan fingerprint density at radius 3 is 2.89 bits per heavy atom. The SMILES string of the molecule is CCNC1CCN(c2cc(Cl)ccc2C)CC1C. The van der Waals surface area contributed by atoms with Crippen LogP contribution in [0.2, 0.25) is 5.02 Å². The van der Waals surface area contributed by atoms with Crippen molar-refractivity contribution in [1.82, 2.24) is 5.32 Å². The van der Waals surface area contributed by atoms with Gasteiger partial charge in [-0.2, -0.15) is 0 Å². The lowest BCUT2D eigenvalue weighted by Gasteiger charge is -2.39. The second-order valence-corrected chi connectivity index (χ2v) is 5.74. The molecule has 1 fully saturated rings. The van der Waals surface area contributed by atoms with Gasteiger partial charge in [0.2, 0.25) is 0 Å². The highest BCUT2D eigenvalue weighted by Gasteiger charge is 2.26. The van der Waals surface area contributed by atoms with Crippen molar-refractivity contribution in [2.24, 2.45) is 5.92 Å². The zero-order chi connectivity index (χ0) is 13.1. The number of rotatable bonds is 3. The van der Waals surface area contributed by atoms with Crippen LogP contribution in [0, 0.1) is 12.8 Å². The van der Waals surface area contributed by atoms with Crippen molar-refractivity contribution in [2.75, 3.05) is 24.5 Å². The van der Waals surface area contributed by atoms with Gasteiger partial charge < -0.3 is 10.2 Å². The molecular weight excluding hydrogens is 244 g/mol. The molecule has 0 radical (unpaired) electrons. The third kappa shape index (κ3) is 2.99. The Morgan fingerprint density at radius 1 is 1.44 bits per heavy atom. The Bertz CT molecular complexity index is 405. The average molecular weight is 267 g/mol. The summed E-state index contributed by atoms with van der Waals surface area (Å²) in [7, 11) is 0. The summed E-state index contributed by atoms with van der Waals surface area (Å²) in [6, 6.07) is 6.83. The lowest BCUT2D eigenvalue weighted by molar-refractivity contribution is 0.326. The van der Waals surface area contributed by atoms with E-state index in [-0.39, 0.29) is 0 Å². The van der Waals surface area contributed by atoms with Crippen LogP contribution in [0.4, 0.5) is 5.69 Å². The Kier molecular flexibility index (Phi) is 4.52. The van der Waals surface area contributed by atoms with Gasteiger partial charge in [0.1, 0.15) is 0 Å². The number of aryl methyl sites for hydroxylation is 1. The van der Waals surface area contributed by atoms with Gasteiger partial charge in [-0.05, 0) is 43.5 Å². The minimum absolute atomic E-state index is 0.658. The average Bonchev–Trinajstić information content (AvgIpc) is 2.35. The van der Waals surface area contributed by atoms with Crippen LogP contribution in [-0.4, -0.2) is 25.7 Å². The van der Waals surface area contributed by atoms with Gasteiger partial charge in [-0.3, -0.25) is 0 Å². The molecular formula is C15H23ClN2. The van der Waals surface area contributed by atoms with Gasteiger partial charge in [0.15, 0.2) is 0 Å². The number of piperidine rings is 1. The van der Waals surface area contributed by atoms with Gasteiger partial charge >= 0.3 is 0 Å². The van der Waals surface area contributed by atoms with Crippen molar-refractivity contribution < 1.29 is 0 Å². The first-order valence-corrected chi connectivity index (χ1v) is 7.24. The zero-order valence-electron chi connectivity index (χ0n) is 11.5. The van der Waals surface area contributed by atoms with Crippen LogP contribution < -0.4 is 10.2 Å². The summed E-state index contributed by atoms with van der Waals surface area (Å²) in [5.41, 5.74) is 2.61. The minimum Gasteiger partial charge on any atom is -0.371 e. The molecule has 0 aromatic heterocycles. The fraction of sp³-hybridized carbons (Fsp3) is 0.600. The van der Waals surface area contributed by atoms with E-state index in [0.29, 0.717) is 12.0 Å². The van der Waals surface area contributed by atoms with Crippen molar-refractivity contribution in [1.29, 1.82) is 0 Å². The maximum atomic E-state index is 6.11. The molecule has 1 N–H and O–H groups in total. The van der Waals surface area contributed by atoms with Gasteiger partial charge in [-0.1, -0.05) is 31.5 Å². The molecule has 0 aliphatic carbocycles. The van der Waals surface area contributed by atoms with Gasteiger partial charge in [-0.25, -0.2) is 0 Å². The molecule has 0 spiro atoms. The number of hydrogen-bond donors (Lipinski definition) is 1. The maximum absolute atomic E-state index is 6.11. The first kappa shape index (κ1) is 13.7. The van der Waals surface area contributed by atoms with E-state index in [4.69, 9.17) is 11.6 Å². The van der Waals surface area contributed by atoms with Crippen molar-refractivity contribution in [2.45, 2.75) is 33.2 Å². The Balaban J connectivity index is 2.10. The van der Waals surface area contributed by atoms with E-state index in [9.17, 15) is 0 Å². The molecule has 0 bridgehead atoms. The van der Waals surface area contributed by atoms with Crippen LogP contribution in [0.25, 0.3) is 0 Å². The molecule has 100 valence electrons. The summed E-state index contributed by atoms with van der Waals surface area (Å²) >= 11 is 6.11. The Hall–Kier alpha value is -0.730. The van der Waals surface area contributed by atoms with Gasteiger partial charge in [0, 0.05) is 29.8 Å². The fourth-order valence-electron chi connectivity index (χ4n) is 2.85. The third-order valence-corrected chi connectivity index (χ3v) is 4.12. The van der Waals surface area contributed by atoms with Crippen LogP contribution in [0.15, 0.2) is 18.2 Å². The molecule has 2 atom stereocenters. The molecule has 0 amide bonds. The smallest absolute Gasteiger partial charge is 0.0426 e. The second kappa shape index (κ2) is 5.94. The predicted octanol–water partition coefficient (Wildman–Crippen LogP) is 3.47. The van der Waals surface area contributed by atoms with Crippen LogP contribution >= 0.6 is 11.6 Å². The summed E-state index contributed by atoms with van der Waals surface area (Å²) in [4.78, 5) is 2.47. The molecule has 3 heteroatoms. The lowest BCUT2D eigenvalue weighted by atomic mass is 9.93. The largest absolute Gasteiger partial charge is 0.371 e. The van der Waals surface area contributed by atoms with Crippen LogP contribution in [0.1, 0.15) is 25.8 Å². The van der Waals surface area contributed by atoms with Crippen molar-refractivity contribution in [3.05, 3.63) is 28.8 Å². The minimum atomic E-state index is 0.658. The predicted molar refractivity (Wildman–Crippen MR) is 79.6 cm³/mol. The monoisotopic (exact) mass is 266 g/mol. The Labute approximate surface area is 115 Å². The van der Waals surface area contributed by atoms with Crippen molar-refractivity contribution in [3.8, 4) is 0 Å². The maximum Gasteiger partial charge on any atom is 0.0426 e. The van der Waals surface area contributed by atoms with E-state index < -0.39 is 0 Å². The van der Waals surface area contributed by atoms with E-state index in [1.807, 2.05) is 6.07 Å². The van der Waals surface area contributed by atoms with Gasteiger partial charge in [0.25, 0.3) is 0 Å². The van der Waals surface area contributed by atoms with Crippen LogP contribution in [0.5, 0.6) is 0 Å². The van der Waals surface area contributed by atoms with E-state index in [1.165, 1.54) is 17.7 Å². The normalized spacial score (nSPS) is 24.3. The van der Waals surface area contributed by atoms with Crippen molar-refractivity contribution in [3.63, 3.8) is 0 Å². The number of halogens is 1. The molecule has 2 rings (SSSR count). The topological polar surface area (TPSA) is 15.3 Å². The Morgan fingerprint density at radius 2 is 2.22 bits per heavy atom. The molecule has 1 heterocycles. The van der Waals surface area contributed by atoms with E-state index >= 15 is 0 Å². The summed E-state index contributed by atoms with van der Waals surface area (Å²) in [6.07, 6.45) is 1.21. The number of nitrogens with zero attached hydrogens (tertiary/aromatic N) is 1. The van der Waals surface area contributed by atoms with E-state index in [1.54, 1.807) is 0 Å². The van der Waals surface area contributed by atoms with Crippen molar-refractivity contribution >= 4 is 17.3 Å². The van der Waals surface area contributed by atoms with E-state index in [2.05, 4.69) is 43.1 Å². The van der Waals surface area contributed by atoms with Gasteiger partial charge in [0.05, 0.1) is 0 Å². The highest BCUT2D eigenvalue weighted by Crippen LogP contribution is 2.28. The van der Waals surface area contributed by atoms with E-state index in [0.717, 1.165) is 24.7 Å². The second-order valence-electron chi connectivity index (χ2n) is 5.31. The fourth-order valence-corrected chi connectivity index (χ4v) is 3.02. The molecule has 1 aliphatic rings. The van der Waals surface area contributed by atoms with Crippen LogP contribution in [-0.2, 0) is 0 Å². The standard InChI is InChI=1S/C15H23ClN2/c1-4-17-14-7-8-18(10-12(14)3)15-9-13(16)6-5-11(15)2/h5-6,9,12,14,17H,4,7-8,10H2,1-3H3. The zero-order valence-corrected chi connectivity index (χ0v) is 12.3. The summed E-state index contributed by atoms with van der Waals surface area (Å²) in [5, 5.41) is 4.41. The molecule has 18 heavy (non-hydrogen) atoms. The number of anilines is 1. The summed E-state index contributed by atoms with van der Waals surface area (Å²) < 4.78 is 0. The number of benzene rings is 1. The van der Waals surface area contributed by atoms with Gasteiger partial charge in [-0.15, -0.1) is 0 Å².